The maximum Gasteiger partial charge on any atom is 0.238 e. The van der Waals surface area contributed by atoms with Crippen LogP contribution in [0.25, 0.3) is 0 Å². The Bertz CT molecular complexity index is 611. The molecule has 0 bridgehead atoms. The molecule has 0 spiro atoms. The minimum Gasteiger partial charge on any atom is -0.365 e. The molecule has 1 aromatic heterocycles. The summed E-state index contributed by atoms with van der Waals surface area (Å²) >= 11 is 0. The van der Waals surface area contributed by atoms with Crippen LogP contribution in [0.1, 0.15) is 5.56 Å². The Morgan fingerprint density at radius 3 is 2.44 bits per heavy atom. The van der Waals surface area contributed by atoms with Gasteiger partial charge in [-0.05, 0) is 17.7 Å². The fourth-order valence-electron chi connectivity index (χ4n) is 1.38. The topological polar surface area (TPSA) is 98.0 Å². The first kappa shape index (κ1) is 12.5. The van der Waals surface area contributed by atoms with E-state index in [9.17, 15) is 8.42 Å². The number of rotatable bonds is 4. The van der Waals surface area contributed by atoms with Gasteiger partial charge in [-0.3, -0.25) is 4.98 Å². The molecule has 2 aromatic rings. The first-order valence-electron chi connectivity index (χ1n) is 5.17. The van der Waals surface area contributed by atoms with Crippen LogP contribution >= 0.6 is 0 Å². The van der Waals surface area contributed by atoms with Crippen molar-refractivity contribution in [3.63, 3.8) is 0 Å². The van der Waals surface area contributed by atoms with E-state index in [1.54, 1.807) is 30.7 Å². The number of nitrogens with one attached hydrogen (secondary N) is 1. The van der Waals surface area contributed by atoms with Crippen molar-refractivity contribution in [2.24, 2.45) is 5.14 Å². The van der Waals surface area contributed by atoms with Gasteiger partial charge >= 0.3 is 0 Å². The molecule has 0 radical (unpaired) electrons. The number of nitrogens with zero attached hydrogens (tertiary/aromatic N) is 2. The first-order valence-corrected chi connectivity index (χ1v) is 6.72. The average Bonchev–Trinajstić information content (AvgIpc) is 2.37. The summed E-state index contributed by atoms with van der Waals surface area (Å²) in [6, 6.07) is 6.35. The molecule has 0 fully saturated rings. The lowest BCUT2D eigenvalue weighted by atomic mass is 10.2. The molecule has 6 nitrogen and oxygen atoms in total. The van der Waals surface area contributed by atoms with E-state index in [0.29, 0.717) is 12.4 Å². The highest BCUT2D eigenvalue weighted by molar-refractivity contribution is 7.89. The lowest BCUT2D eigenvalue weighted by molar-refractivity contribution is 0.598. The van der Waals surface area contributed by atoms with E-state index < -0.39 is 10.0 Å². The number of anilines is 1. The SMILES string of the molecule is NS(=O)(=O)c1ccc(CNc2cnccn2)cc1. The van der Waals surface area contributed by atoms with E-state index in [-0.39, 0.29) is 4.90 Å². The van der Waals surface area contributed by atoms with Gasteiger partial charge in [0.1, 0.15) is 5.82 Å². The predicted octanol–water partition coefficient (Wildman–Crippen LogP) is 0.736. The summed E-state index contributed by atoms with van der Waals surface area (Å²) in [5.74, 6) is 0.660. The van der Waals surface area contributed by atoms with Crippen molar-refractivity contribution in [2.45, 2.75) is 11.4 Å². The lowest BCUT2D eigenvalue weighted by Crippen LogP contribution is -2.12. The Morgan fingerprint density at radius 1 is 1.17 bits per heavy atom. The zero-order chi connectivity index (χ0) is 13.0. The molecule has 0 aliphatic rings. The molecule has 94 valence electrons. The fourth-order valence-corrected chi connectivity index (χ4v) is 1.90. The maximum absolute atomic E-state index is 11.1. The zero-order valence-electron chi connectivity index (χ0n) is 9.45. The number of hydrogen-bond donors (Lipinski definition) is 2. The third-order valence-electron chi connectivity index (χ3n) is 2.29. The van der Waals surface area contributed by atoms with Gasteiger partial charge in [0.25, 0.3) is 0 Å². The number of primary sulfonamides is 1. The van der Waals surface area contributed by atoms with Crippen LogP contribution in [0.5, 0.6) is 0 Å². The van der Waals surface area contributed by atoms with Gasteiger partial charge in [0.15, 0.2) is 0 Å². The van der Waals surface area contributed by atoms with Crippen LogP contribution in [0.2, 0.25) is 0 Å². The van der Waals surface area contributed by atoms with E-state index in [1.165, 1.54) is 12.1 Å². The number of nitrogens with two attached hydrogens (primary N) is 1. The summed E-state index contributed by atoms with van der Waals surface area (Å²) in [6.07, 6.45) is 4.79. The summed E-state index contributed by atoms with van der Waals surface area (Å²) in [5, 5.41) is 8.08. The molecule has 2 rings (SSSR count). The zero-order valence-corrected chi connectivity index (χ0v) is 10.3. The standard InChI is InChI=1S/C11H12N4O2S/c12-18(16,17)10-3-1-9(2-4-10)7-15-11-8-13-5-6-14-11/h1-6,8H,7H2,(H,14,15)(H2,12,16,17). The van der Waals surface area contributed by atoms with Gasteiger partial charge in [-0.2, -0.15) is 0 Å². The Morgan fingerprint density at radius 2 is 1.89 bits per heavy atom. The van der Waals surface area contributed by atoms with E-state index in [1.807, 2.05) is 0 Å². The Kier molecular flexibility index (Phi) is 3.54. The average molecular weight is 264 g/mol. The monoisotopic (exact) mass is 264 g/mol. The number of benzene rings is 1. The van der Waals surface area contributed by atoms with Crippen molar-refractivity contribution in [1.29, 1.82) is 0 Å². The second kappa shape index (κ2) is 5.11. The van der Waals surface area contributed by atoms with Crippen molar-refractivity contribution in [2.75, 3.05) is 5.32 Å². The molecule has 0 amide bonds. The molecule has 7 heteroatoms. The van der Waals surface area contributed by atoms with Gasteiger partial charge in [-0.15, -0.1) is 0 Å². The smallest absolute Gasteiger partial charge is 0.238 e. The Hall–Kier alpha value is -1.99. The summed E-state index contributed by atoms with van der Waals surface area (Å²) in [5.41, 5.74) is 0.924. The van der Waals surface area contributed by atoms with Crippen LogP contribution in [0, 0.1) is 0 Å². The van der Waals surface area contributed by atoms with Crippen LogP contribution in [-0.4, -0.2) is 18.4 Å². The van der Waals surface area contributed by atoms with Gasteiger partial charge in [0.05, 0.1) is 11.1 Å². The molecule has 0 aliphatic heterocycles. The molecule has 1 aromatic carbocycles. The largest absolute Gasteiger partial charge is 0.365 e. The van der Waals surface area contributed by atoms with Crippen molar-refractivity contribution >= 4 is 15.8 Å². The molecule has 0 unspecified atom stereocenters. The molecule has 0 saturated carbocycles. The van der Waals surface area contributed by atoms with E-state index in [2.05, 4.69) is 15.3 Å². The van der Waals surface area contributed by atoms with Gasteiger partial charge in [0, 0.05) is 18.9 Å². The normalized spacial score (nSPS) is 11.2. The highest BCUT2D eigenvalue weighted by atomic mass is 32.2. The van der Waals surface area contributed by atoms with E-state index in [4.69, 9.17) is 5.14 Å². The van der Waals surface area contributed by atoms with E-state index >= 15 is 0 Å². The van der Waals surface area contributed by atoms with Crippen molar-refractivity contribution < 1.29 is 8.42 Å². The van der Waals surface area contributed by atoms with Gasteiger partial charge in [-0.25, -0.2) is 18.5 Å². The summed E-state index contributed by atoms with van der Waals surface area (Å²) < 4.78 is 22.1. The number of aromatic nitrogens is 2. The van der Waals surface area contributed by atoms with Crippen molar-refractivity contribution in [3.8, 4) is 0 Å². The molecule has 0 saturated heterocycles. The highest BCUT2D eigenvalue weighted by Crippen LogP contribution is 2.10. The minimum atomic E-state index is -3.63. The molecule has 18 heavy (non-hydrogen) atoms. The molecule has 1 heterocycles. The molecular formula is C11H12N4O2S. The summed E-state index contributed by atoms with van der Waals surface area (Å²) in [6.45, 7) is 0.531. The van der Waals surface area contributed by atoms with Crippen LogP contribution in [0.15, 0.2) is 47.8 Å². The molecule has 3 N–H and O–H groups in total. The van der Waals surface area contributed by atoms with Crippen LogP contribution < -0.4 is 10.5 Å². The number of hydrogen-bond acceptors (Lipinski definition) is 5. The van der Waals surface area contributed by atoms with Crippen molar-refractivity contribution in [1.82, 2.24) is 9.97 Å². The molecule has 0 aliphatic carbocycles. The highest BCUT2D eigenvalue weighted by Gasteiger charge is 2.06. The second-order valence-corrected chi connectivity index (χ2v) is 5.19. The predicted molar refractivity (Wildman–Crippen MR) is 67.2 cm³/mol. The number of sulfonamides is 1. The maximum atomic E-state index is 11.1. The van der Waals surface area contributed by atoms with E-state index in [0.717, 1.165) is 5.56 Å². The van der Waals surface area contributed by atoms with Gasteiger partial charge in [-0.1, -0.05) is 12.1 Å². The van der Waals surface area contributed by atoms with Crippen LogP contribution in [-0.2, 0) is 16.6 Å². The van der Waals surface area contributed by atoms with Crippen molar-refractivity contribution in [3.05, 3.63) is 48.4 Å². The third-order valence-corrected chi connectivity index (χ3v) is 3.22. The van der Waals surface area contributed by atoms with Gasteiger partial charge in [0.2, 0.25) is 10.0 Å². The molecule has 0 atom stereocenters. The van der Waals surface area contributed by atoms with Crippen LogP contribution in [0.4, 0.5) is 5.82 Å². The Labute approximate surface area is 105 Å². The quantitative estimate of drug-likeness (QED) is 0.848. The first-order chi connectivity index (χ1) is 8.55. The minimum absolute atomic E-state index is 0.103. The van der Waals surface area contributed by atoms with Crippen LogP contribution in [0.3, 0.4) is 0 Å². The Balaban J connectivity index is 2.03. The molecular weight excluding hydrogens is 252 g/mol. The third kappa shape index (κ3) is 3.25. The summed E-state index contributed by atoms with van der Waals surface area (Å²) in [7, 11) is -3.63. The van der Waals surface area contributed by atoms with Gasteiger partial charge < -0.3 is 5.32 Å². The fraction of sp³-hybridized carbons (Fsp3) is 0.0909. The lowest BCUT2D eigenvalue weighted by Gasteiger charge is -2.05. The second-order valence-electron chi connectivity index (χ2n) is 3.63. The summed E-state index contributed by atoms with van der Waals surface area (Å²) in [4.78, 5) is 8.09.